The van der Waals surface area contributed by atoms with Crippen LogP contribution in [0.4, 0.5) is 9.59 Å². The first-order chi connectivity index (χ1) is 13.5. The molecule has 0 aliphatic heterocycles. The highest BCUT2D eigenvalue weighted by atomic mass is 16.7. The Kier molecular flexibility index (Phi) is 9.54. The molecule has 0 fully saturated rings. The van der Waals surface area contributed by atoms with E-state index in [1.165, 1.54) is 13.8 Å². The number of hydrazine groups is 1. The van der Waals surface area contributed by atoms with Gasteiger partial charge >= 0.3 is 23.8 Å². The maximum absolute atomic E-state index is 12.9. The first kappa shape index (κ1) is 27.4. The largest absolute Gasteiger partial charge is 0.456 e. The maximum atomic E-state index is 12.9. The third kappa shape index (κ3) is 8.42. The van der Waals surface area contributed by atoms with Crippen molar-refractivity contribution >= 4 is 18.2 Å². The van der Waals surface area contributed by atoms with E-state index in [1.807, 2.05) is 5.43 Å². The van der Waals surface area contributed by atoms with E-state index in [9.17, 15) is 24.5 Å². The van der Waals surface area contributed by atoms with E-state index in [-0.39, 0.29) is 11.4 Å². The minimum Gasteiger partial charge on any atom is -0.456 e. The van der Waals surface area contributed by atoms with E-state index < -0.39 is 52.5 Å². The second-order valence-corrected chi connectivity index (χ2v) is 9.06. The molecule has 0 saturated heterocycles. The van der Waals surface area contributed by atoms with Gasteiger partial charge in [0.05, 0.1) is 17.4 Å². The summed E-state index contributed by atoms with van der Waals surface area (Å²) in [6.45, 7) is 14.2. The number of rotatable bonds is 7. The third-order valence-electron chi connectivity index (χ3n) is 3.40. The van der Waals surface area contributed by atoms with Crippen molar-refractivity contribution < 1.29 is 33.5 Å². The molecule has 0 spiro atoms. The first-order valence-electron chi connectivity index (χ1n) is 9.84. The lowest BCUT2D eigenvalue weighted by Crippen LogP contribution is -2.69. The summed E-state index contributed by atoms with van der Waals surface area (Å²) in [6.07, 6.45) is -2.87. The van der Waals surface area contributed by atoms with Gasteiger partial charge in [0, 0.05) is 0 Å². The molecule has 1 N–H and O–H groups in total. The van der Waals surface area contributed by atoms with Crippen LogP contribution in [0.3, 0.4) is 0 Å². The molecular formula is C19H35N3O8. The lowest BCUT2D eigenvalue weighted by atomic mass is 10.0. The van der Waals surface area contributed by atoms with Gasteiger partial charge < -0.3 is 14.2 Å². The van der Waals surface area contributed by atoms with Crippen LogP contribution < -0.4 is 5.43 Å². The SMILES string of the molecule is CCCCC(C(=O)OC(C)C)(N(NC(=O)OC(C)(C)C)C(=O)OC(C)(C)C)[N+](=O)[O-]. The van der Waals surface area contributed by atoms with Gasteiger partial charge in [0.25, 0.3) is 0 Å². The van der Waals surface area contributed by atoms with Gasteiger partial charge in [-0.2, -0.15) is 0 Å². The summed E-state index contributed by atoms with van der Waals surface area (Å²) < 4.78 is 15.4. The molecule has 0 rings (SSSR count). The van der Waals surface area contributed by atoms with E-state index in [1.54, 1.807) is 48.5 Å². The van der Waals surface area contributed by atoms with E-state index in [0.29, 0.717) is 6.42 Å². The van der Waals surface area contributed by atoms with Crippen molar-refractivity contribution in [1.29, 1.82) is 0 Å². The highest BCUT2D eigenvalue weighted by Crippen LogP contribution is 2.27. The van der Waals surface area contributed by atoms with Gasteiger partial charge in [-0.15, -0.1) is 5.01 Å². The summed E-state index contributed by atoms with van der Waals surface area (Å²) in [5.74, 6) is -1.29. The molecule has 174 valence electrons. The predicted molar refractivity (Wildman–Crippen MR) is 108 cm³/mol. The maximum Gasteiger partial charge on any atom is 0.435 e. The van der Waals surface area contributed by atoms with Crippen LogP contribution in [0.25, 0.3) is 0 Å². The first-order valence-corrected chi connectivity index (χ1v) is 9.84. The number of nitrogens with zero attached hydrogens (tertiary/aromatic N) is 2. The summed E-state index contributed by atoms with van der Waals surface area (Å²) in [7, 11) is 0. The Morgan fingerprint density at radius 2 is 1.53 bits per heavy atom. The number of esters is 1. The van der Waals surface area contributed by atoms with E-state index in [2.05, 4.69) is 0 Å². The van der Waals surface area contributed by atoms with Gasteiger partial charge in [-0.05, 0) is 61.8 Å². The number of ether oxygens (including phenoxy) is 3. The molecule has 1 atom stereocenters. The highest BCUT2D eigenvalue weighted by molar-refractivity contribution is 5.85. The minimum absolute atomic E-state index is 0.198. The predicted octanol–water partition coefficient (Wildman–Crippen LogP) is 3.78. The quantitative estimate of drug-likeness (QED) is 0.210. The van der Waals surface area contributed by atoms with Gasteiger partial charge in [0.15, 0.2) is 0 Å². The molecule has 11 nitrogen and oxygen atoms in total. The second kappa shape index (κ2) is 10.4. The Morgan fingerprint density at radius 1 is 1.03 bits per heavy atom. The van der Waals surface area contributed by atoms with Crippen molar-refractivity contribution in [3.8, 4) is 0 Å². The Bertz CT molecular complexity index is 637. The van der Waals surface area contributed by atoms with Crippen LogP contribution in [-0.4, -0.2) is 51.1 Å². The van der Waals surface area contributed by atoms with Gasteiger partial charge in [-0.25, -0.2) is 19.8 Å². The fourth-order valence-corrected chi connectivity index (χ4v) is 2.27. The number of nitro groups is 1. The molecule has 11 heteroatoms. The Hall–Kier alpha value is -2.59. The topological polar surface area (TPSA) is 137 Å². The standard InChI is InChI=1S/C19H35N3O8/c1-10-11-12-19(22(26)27,14(23)28-13(2)3)21(16(25)30-18(7,8)9)20-15(24)29-17(4,5)6/h13H,10-12H2,1-9H3,(H,20,24). The summed E-state index contributed by atoms with van der Waals surface area (Å²) >= 11 is 0. The summed E-state index contributed by atoms with van der Waals surface area (Å²) in [6, 6.07) is 0. The Balaban J connectivity index is 6.46. The molecule has 0 heterocycles. The van der Waals surface area contributed by atoms with Crippen LogP contribution in [0.15, 0.2) is 0 Å². The molecular weight excluding hydrogens is 398 g/mol. The molecule has 0 aliphatic rings. The normalized spacial score (nSPS) is 13.8. The molecule has 2 amide bonds. The molecule has 30 heavy (non-hydrogen) atoms. The lowest BCUT2D eigenvalue weighted by Gasteiger charge is -2.35. The smallest absolute Gasteiger partial charge is 0.435 e. The molecule has 0 saturated carbocycles. The molecule has 0 aromatic rings. The van der Waals surface area contributed by atoms with Crippen molar-refractivity contribution in [3.63, 3.8) is 0 Å². The van der Waals surface area contributed by atoms with Crippen molar-refractivity contribution in [2.24, 2.45) is 0 Å². The van der Waals surface area contributed by atoms with Crippen molar-refractivity contribution in [1.82, 2.24) is 10.4 Å². The monoisotopic (exact) mass is 433 g/mol. The van der Waals surface area contributed by atoms with Crippen LogP contribution in [0.2, 0.25) is 0 Å². The zero-order valence-corrected chi connectivity index (χ0v) is 19.4. The van der Waals surface area contributed by atoms with Gasteiger partial charge in [0.1, 0.15) is 11.2 Å². The fraction of sp³-hybridized carbons (Fsp3) is 0.842. The van der Waals surface area contributed by atoms with Gasteiger partial charge in [-0.1, -0.05) is 13.3 Å². The van der Waals surface area contributed by atoms with Gasteiger partial charge in [-0.3, -0.25) is 10.1 Å². The number of hydrogen-bond donors (Lipinski definition) is 1. The lowest BCUT2D eigenvalue weighted by molar-refractivity contribution is -0.585. The van der Waals surface area contributed by atoms with E-state index in [4.69, 9.17) is 14.2 Å². The number of carbonyl (C=O) groups is 3. The third-order valence-corrected chi connectivity index (χ3v) is 3.40. The number of hydrogen-bond acceptors (Lipinski definition) is 8. The van der Waals surface area contributed by atoms with E-state index in [0.717, 1.165) is 0 Å². The minimum atomic E-state index is -2.74. The molecule has 0 aromatic heterocycles. The fourth-order valence-electron chi connectivity index (χ4n) is 2.27. The highest BCUT2D eigenvalue weighted by Gasteiger charge is 2.62. The Labute approximate surface area is 177 Å². The zero-order chi connectivity index (χ0) is 23.9. The molecule has 0 aliphatic carbocycles. The van der Waals surface area contributed by atoms with Crippen LogP contribution >= 0.6 is 0 Å². The summed E-state index contributed by atoms with van der Waals surface area (Å²) in [4.78, 5) is 49.4. The Morgan fingerprint density at radius 3 is 1.90 bits per heavy atom. The van der Waals surface area contributed by atoms with Crippen LogP contribution in [0.5, 0.6) is 0 Å². The number of carbonyl (C=O) groups excluding carboxylic acids is 3. The van der Waals surface area contributed by atoms with Crippen molar-refractivity contribution in [2.45, 2.75) is 105 Å². The zero-order valence-electron chi connectivity index (χ0n) is 19.4. The van der Waals surface area contributed by atoms with Crippen LogP contribution in [0.1, 0.15) is 81.6 Å². The summed E-state index contributed by atoms with van der Waals surface area (Å²) in [5.41, 5.74) is -2.71. The van der Waals surface area contributed by atoms with E-state index >= 15 is 0 Å². The second-order valence-electron chi connectivity index (χ2n) is 9.06. The average molecular weight is 434 g/mol. The van der Waals surface area contributed by atoms with Crippen molar-refractivity contribution in [3.05, 3.63) is 10.1 Å². The molecule has 0 bridgehead atoms. The number of nitrogens with one attached hydrogen (secondary N) is 1. The van der Waals surface area contributed by atoms with Gasteiger partial charge in [0.2, 0.25) is 0 Å². The number of amides is 2. The molecule has 1 unspecified atom stereocenters. The van der Waals surface area contributed by atoms with Crippen molar-refractivity contribution in [2.75, 3.05) is 0 Å². The molecule has 0 aromatic carbocycles. The molecule has 0 radical (unpaired) electrons. The summed E-state index contributed by atoms with van der Waals surface area (Å²) in [5, 5.41) is 12.5. The van der Waals surface area contributed by atoms with Crippen LogP contribution in [-0.2, 0) is 19.0 Å². The average Bonchev–Trinajstić information content (AvgIpc) is 2.49. The number of unbranched alkanes of at least 4 members (excludes halogenated alkanes) is 1. The van der Waals surface area contributed by atoms with Crippen LogP contribution in [0, 0.1) is 10.1 Å².